The SMILES string of the molecule is CCCC(C)N1CCC(N(Cc2ccccc2)C(=O)Nc2ccc(C)c([NH+]([O-])O)c2)CC1. The van der Waals surface area contributed by atoms with Crippen molar-refractivity contribution in [2.45, 2.75) is 65.1 Å². The van der Waals surface area contributed by atoms with Crippen LogP contribution in [0.1, 0.15) is 50.7 Å². The first kappa shape index (κ1) is 24.2. The van der Waals surface area contributed by atoms with Crippen LogP contribution in [0, 0.1) is 12.1 Å². The van der Waals surface area contributed by atoms with E-state index in [1.807, 2.05) is 35.2 Å². The summed E-state index contributed by atoms with van der Waals surface area (Å²) in [5.74, 6) is 0. The van der Waals surface area contributed by atoms with Crippen molar-refractivity contribution >= 4 is 17.4 Å². The third-order valence-electron chi connectivity index (χ3n) is 6.45. The van der Waals surface area contributed by atoms with Crippen molar-refractivity contribution in [2.75, 3.05) is 18.4 Å². The van der Waals surface area contributed by atoms with Crippen LogP contribution < -0.4 is 10.5 Å². The number of hydrogen-bond donors (Lipinski definition) is 3. The van der Waals surface area contributed by atoms with Gasteiger partial charge in [-0.1, -0.05) is 49.7 Å². The number of aryl methyl sites for hydroxylation is 1. The van der Waals surface area contributed by atoms with Gasteiger partial charge in [0.2, 0.25) is 0 Å². The standard InChI is InChI=1S/C25H36N4O3/c1-4-8-20(3)27-15-13-23(14-16-27)28(18-21-9-6-5-7-10-21)25(30)26-22-12-11-19(2)24(17-22)29(31)32/h5-7,9-12,17,20,23,29,31H,4,8,13-16,18H2,1-3H3,(H,26,30). The van der Waals surface area contributed by atoms with Gasteiger partial charge in [0.15, 0.2) is 5.69 Å². The number of quaternary nitrogens is 1. The van der Waals surface area contributed by atoms with E-state index in [1.54, 1.807) is 19.1 Å². The number of benzene rings is 2. The number of carbonyl (C=O) groups is 1. The van der Waals surface area contributed by atoms with Gasteiger partial charge in [-0.25, -0.2) is 10.0 Å². The lowest BCUT2D eigenvalue weighted by molar-refractivity contribution is -0.991. The van der Waals surface area contributed by atoms with E-state index in [9.17, 15) is 15.2 Å². The van der Waals surface area contributed by atoms with E-state index in [-0.39, 0.29) is 17.8 Å². The highest BCUT2D eigenvalue weighted by atomic mass is 16.8. The summed E-state index contributed by atoms with van der Waals surface area (Å²) in [6, 6.07) is 15.6. The average Bonchev–Trinajstić information content (AvgIpc) is 2.79. The van der Waals surface area contributed by atoms with Crippen LogP contribution >= 0.6 is 0 Å². The Hall–Kier alpha value is -2.45. The van der Waals surface area contributed by atoms with E-state index >= 15 is 0 Å². The molecule has 0 radical (unpaired) electrons. The number of urea groups is 1. The minimum atomic E-state index is -0.992. The van der Waals surface area contributed by atoms with E-state index in [0.717, 1.165) is 31.5 Å². The summed E-state index contributed by atoms with van der Waals surface area (Å²) in [5, 5.41) is 22.9. The molecule has 32 heavy (non-hydrogen) atoms. The van der Waals surface area contributed by atoms with Crippen LogP contribution in [0.2, 0.25) is 0 Å². The topological polar surface area (TPSA) is 83.3 Å². The molecule has 1 aliphatic rings. The number of nitrogens with one attached hydrogen (secondary N) is 2. The maximum Gasteiger partial charge on any atom is 0.322 e. The molecular formula is C25H36N4O3. The molecule has 1 aliphatic heterocycles. The van der Waals surface area contributed by atoms with Gasteiger partial charge in [-0.15, -0.1) is 0 Å². The Balaban J connectivity index is 1.74. The second-order valence-electron chi connectivity index (χ2n) is 8.78. The number of likely N-dealkylation sites (tertiary alicyclic amines) is 1. The average molecular weight is 441 g/mol. The summed E-state index contributed by atoms with van der Waals surface area (Å²) >= 11 is 0. The number of nitrogens with zero attached hydrogens (tertiary/aromatic N) is 2. The molecule has 7 heteroatoms. The lowest BCUT2D eigenvalue weighted by Crippen LogP contribution is -2.99. The Kier molecular flexibility index (Phi) is 8.64. The summed E-state index contributed by atoms with van der Waals surface area (Å²) < 4.78 is 0. The summed E-state index contributed by atoms with van der Waals surface area (Å²) in [5.41, 5.74) is 2.46. The number of piperidine rings is 1. The van der Waals surface area contributed by atoms with Crippen LogP contribution in [0.3, 0.4) is 0 Å². The Bertz CT molecular complexity index is 867. The molecule has 0 aromatic heterocycles. The number of rotatable bonds is 8. The smallest absolute Gasteiger partial charge is 0.322 e. The molecule has 0 aliphatic carbocycles. The Morgan fingerprint density at radius 2 is 1.94 bits per heavy atom. The number of anilines is 1. The molecule has 0 spiro atoms. The Labute approximate surface area is 191 Å². The third-order valence-corrected chi connectivity index (χ3v) is 6.45. The van der Waals surface area contributed by atoms with Gasteiger partial charge >= 0.3 is 6.03 Å². The molecule has 174 valence electrons. The molecule has 1 heterocycles. The molecular weight excluding hydrogens is 404 g/mol. The van der Waals surface area contributed by atoms with E-state index in [1.165, 1.54) is 18.9 Å². The number of hydrogen-bond acceptors (Lipinski definition) is 4. The van der Waals surface area contributed by atoms with Crippen LogP contribution in [0.5, 0.6) is 0 Å². The highest BCUT2D eigenvalue weighted by Gasteiger charge is 2.29. The molecule has 2 aromatic carbocycles. The second-order valence-corrected chi connectivity index (χ2v) is 8.78. The van der Waals surface area contributed by atoms with Crippen molar-refractivity contribution in [3.8, 4) is 0 Å². The Morgan fingerprint density at radius 1 is 1.25 bits per heavy atom. The molecule has 3 rings (SSSR count). The highest BCUT2D eigenvalue weighted by molar-refractivity contribution is 5.90. The molecule has 1 saturated heterocycles. The third kappa shape index (κ3) is 6.29. The monoisotopic (exact) mass is 440 g/mol. The molecule has 2 atom stereocenters. The first-order chi connectivity index (χ1) is 15.4. The second kappa shape index (κ2) is 11.4. The molecule has 2 aromatic rings. The lowest BCUT2D eigenvalue weighted by Gasteiger charge is -2.40. The fraction of sp³-hybridized carbons (Fsp3) is 0.480. The predicted octanol–water partition coefficient (Wildman–Crippen LogP) is 4.09. The van der Waals surface area contributed by atoms with Crippen LogP contribution in [0.25, 0.3) is 0 Å². The zero-order valence-corrected chi connectivity index (χ0v) is 19.4. The molecule has 1 fully saturated rings. The first-order valence-electron chi connectivity index (χ1n) is 11.6. The van der Waals surface area contributed by atoms with Crippen molar-refractivity contribution in [2.24, 2.45) is 0 Å². The van der Waals surface area contributed by atoms with E-state index in [4.69, 9.17) is 0 Å². The van der Waals surface area contributed by atoms with Crippen molar-refractivity contribution in [3.05, 3.63) is 64.9 Å². The highest BCUT2D eigenvalue weighted by Crippen LogP contribution is 2.24. The molecule has 2 amide bonds. The summed E-state index contributed by atoms with van der Waals surface area (Å²) in [7, 11) is 0. The van der Waals surface area contributed by atoms with Crippen LogP contribution in [0.15, 0.2) is 48.5 Å². The molecule has 2 unspecified atom stereocenters. The number of carbonyl (C=O) groups excluding carboxylic acids is 1. The minimum absolute atomic E-state index is 0.143. The maximum absolute atomic E-state index is 13.4. The number of amides is 2. The van der Waals surface area contributed by atoms with E-state index in [2.05, 4.69) is 24.1 Å². The van der Waals surface area contributed by atoms with Crippen LogP contribution in [-0.2, 0) is 6.54 Å². The fourth-order valence-electron chi connectivity index (χ4n) is 4.51. The van der Waals surface area contributed by atoms with Crippen molar-refractivity contribution in [3.63, 3.8) is 0 Å². The van der Waals surface area contributed by atoms with Gasteiger partial charge in [0, 0.05) is 49.0 Å². The quantitative estimate of drug-likeness (QED) is 0.540. The van der Waals surface area contributed by atoms with Gasteiger partial charge in [0.25, 0.3) is 0 Å². The molecule has 0 saturated carbocycles. The minimum Gasteiger partial charge on any atom is -0.595 e. The first-order valence-corrected chi connectivity index (χ1v) is 11.6. The van der Waals surface area contributed by atoms with Crippen LogP contribution in [0.4, 0.5) is 16.2 Å². The van der Waals surface area contributed by atoms with Gasteiger partial charge < -0.3 is 20.3 Å². The fourth-order valence-corrected chi connectivity index (χ4v) is 4.51. The zero-order valence-electron chi connectivity index (χ0n) is 19.4. The normalized spacial score (nSPS) is 17.0. The summed E-state index contributed by atoms with van der Waals surface area (Å²) in [4.78, 5) is 17.8. The Morgan fingerprint density at radius 3 is 2.56 bits per heavy atom. The predicted molar refractivity (Wildman–Crippen MR) is 127 cm³/mol. The van der Waals surface area contributed by atoms with E-state index < -0.39 is 5.23 Å². The van der Waals surface area contributed by atoms with Crippen molar-refractivity contribution < 1.29 is 15.2 Å². The van der Waals surface area contributed by atoms with E-state index in [0.29, 0.717) is 23.8 Å². The van der Waals surface area contributed by atoms with Gasteiger partial charge in [-0.05, 0) is 44.7 Å². The maximum atomic E-state index is 13.4. The molecule has 0 bridgehead atoms. The van der Waals surface area contributed by atoms with Crippen LogP contribution in [-0.4, -0.2) is 46.2 Å². The van der Waals surface area contributed by atoms with Crippen molar-refractivity contribution in [1.29, 1.82) is 0 Å². The molecule has 3 N–H and O–H groups in total. The van der Waals surface area contributed by atoms with Gasteiger partial charge in [0.1, 0.15) is 0 Å². The lowest BCUT2D eigenvalue weighted by atomic mass is 10.00. The zero-order chi connectivity index (χ0) is 23.1. The van der Waals surface area contributed by atoms with Crippen molar-refractivity contribution in [1.82, 2.24) is 9.80 Å². The largest absolute Gasteiger partial charge is 0.595 e. The van der Waals surface area contributed by atoms with Gasteiger partial charge in [0.05, 0.1) is 0 Å². The summed E-state index contributed by atoms with van der Waals surface area (Å²) in [6.45, 7) is 8.76. The van der Waals surface area contributed by atoms with Gasteiger partial charge in [-0.3, -0.25) is 0 Å². The molecule has 7 nitrogen and oxygen atoms in total. The summed E-state index contributed by atoms with van der Waals surface area (Å²) in [6.07, 6.45) is 4.24. The van der Waals surface area contributed by atoms with Gasteiger partial charge in [-0.2, -0.15) is 5.23 Å².